The zero-order valence-electron chi connectivity index (χ0n) is 14.4. The molecule has 1 amide bonds. The van der Waals surface area contributed by atoms with Gasteiger partial charge in [-0.1, -0.05) is 25.0 Å². The zero-order valence-corrected chi connectivity index (χ0v) is 14.4. The molecule has 1 saturated carbocycles. The van der Waals surface area contributed by atoms with Gasteiger partial charge in [-0.15, -0.1) is 0 Å². The second kappa shape index (κ2) is 6.59. The predicted octanol–water partition coefficient (Wildman–Crippen LogP) is 3.30. The summed E-state index contributed by atoms with van der Waals surface area (Å²) in [4.78, 5) is 21.3. The molecule has 1 aliphatic rings. The number of carbonyl (C=O) groups excluding carboxylic acids is 1. The molecule has 5 heteroatoms. The van der Waals surface area contributed by atoms with E-state index in [2.05, 4.69) is 21.4 Å². The lowest BCUT2D eigenvalue weighted by molar-refractivity contribution is 0.0896. The predicted molar refractivity (Wildman–Crippen MR) is 92.1 cm³/mol. The van der Waals surface area contributed by atoms with Crippen molar-refractivity contribution in [2.45, 2.75) is 45.1 Å². The van der Waals surface area contributed by atoms with Crippen LogP contribution < -0.4 is 10.1 Å². The van der Waals surface area contributed by atoms with Crippen LogP contribution in [-0.4, -0.2) is 23.0 Å². The number of ether oxygens (including phenoxy) is 1. The average Bonchev–Trinajstić information content (AvgIpc) is 3.04. The van der Waals surface area contributed by atoms with Crippen LogP contribution >= 0.6 is 0 Å². The number of carbonyl (C=O) groups is 1. The van der Waals surface area contributed by atoms with Gasteiger partial charge < -0.3 is 10.1 Å². The molecule has 0 radical (unpaired) electrons. The van der Waals surface area contributed by atoms with Crippen molar-refractivity contribution in [1.29, 1.82) is 0 Å². The van der Waals surface area contributed by atoms with E-state index in [1.807, 2.05) is 32.0 Å². The molecule has 2 aromatic rings. The van der Waals surface area contributed by atoms with Gasteiger partial charge in [0.05, 0.1) is 23.9 Å². The number of rotatable bonds is 4. The van der Waals surface area contributed by atoms with Gasteiger partial charge in [0.15, 0.2) is 0 Å². The Morgan fingerprint density at radius 1 is 1.25 bits per heavy atom. The Bertz CT molecular complexity index is 752. The molecule has 0 bridgehead atoms. The highest BCUT2D eigenvalue weighted by atomic mass is 16.5. The summed E-state index contributed by atoms with van der Waals surface area (Å²) in [5.41, 5.74) is 2.00. The average molecular weight is 325 g/mol. The molecule has 1 aromatic heterocycles. The van der Waals surface area contributed by atoms with Crippen molar-refractivity contribution in [3.05, 3.63) is 53.1 Å². The Hall–Kier alpha value is -2.43. The molecule has 1 aromatic carbocycles. The van der Waals surface area contributed by atoms with E-state index in [1.54, 1.807) is 13.3 Å². The van der Waals surface area contributed by atoms with Crippen LogP contribution in [0.3, 0.4) is 0 Å². The normalized spacial score (nSPS) is 16.0. The summed E-state index contributed by atoms with van der Waals surface area (Å²) in [7, 11) is 1.66. The van der Waals surface area contributed by atoms with E-state index in [1.165, 1.54) is 0 Å². The first-order valence-electron chi connectivity index (χ1n) is 8.31. The summed E-state index contributed by atoms with van der Waals surface area (Å²) in [5.74, 6) is 1.37. The second-order valence-corrected chi connectivity index (χ2v) is 6.39. The topological polar surface area (TPSA) is 64.1 Å². The number of hydrogen-bond acceptors (Lipinski definition) is 4. The van der Waals surface area contributed by atoms with Crippen molar-refractivity contribution in [3.63, 3.8) is 0 Å². The number of amides is 1. The van der Waals surface area contributed by atoms with Crippen LogP contribution in [-0.2, 0) is 5.54 Å². The number of methoxy groups -OCH3 is 1. The smallest absolute Gasteiger partial charge is 0.255 e. The maximum Gasteiger partial charge on any atom is 0.255 e. The minimum atomic E-state index is -0.344. The van der Waals surface area contributed by atoms with Crippen LogP contribution in [0, 0.1) is 13.8 Å². The van der Waals surface area contributed by atoms with Crippen molar-refractivity contribution in [2.75, 3.05) is 7.11 Å². The lowest BCUT2D eigenvalue weighted by atomic mass is 9.87. The summed E-state index contributed by atoms with van der Waals surface area (Å²) >= 11 is 0. The van der Waals surface area contributed by atoms with Crippen molar-refractivity contribution in [3.8, 4) is 5.75 Å². The molecule has 1 N–H and O–H groups in total. The fourth-order valence-corrected chi connectivity index (χ4v) is 3.48. The standard InChI is InChI=1S/C19H23N3O2/c1-13-17(12-20-14(2)21-13)18(23)22-19(9-4-5-10-19)15-7-6-8-16(11-15)24-3/h6-8,11-12H,4-5,9-10H2,1-3H3,(H,22,23). The highest BCUT2D eigenvalue weighted by Crippen LogP contribution is 2.40. The van der Waals surface area contributed by atoms with Gasteiger partial charge in [-0.05, 0) is 44.4 Å². The largest absolute Gasteiger partial charge is 0.497 e. The maximum atomic E-state index is 12.8. The van der Waals surface area contributed by atoms with Crippen LogP contribution in [0.15, 0.2) is 30.5 Å². The Morgan fingerprint density at radius 2 is 2.00 bits per heavy atom. The highest BCUT2D eigenvalue weighted by molar-refractivity contribution is 5.95. The van der Waals surface area contributed by atoms with Gasteiger partial charge in [-0.25, -0.2) is 9.97 Å². The third-order valence-corrected chi connectivity index (χ3v) is 4.78. The molecular formula is C19H23N3O2. The molecule has 0 unspecified atom stereocenters. The molecule has 0 aliphatic heterocycles. The zero-order chi connectivity index (χ0) is 17.2. The number of aryl methyl sites for hydroxylation is 2. The summed E-state index contributed by atoms with van der Waals surface area (Å²) < 4.78 is 5.35. The SMILES string of the molecule is COc1cccc(C2(NC(=O)c3cnc(C)nc3C)CCCC2)c1. The molecule has 5 nitrogen and oxygen atoms in total. The van der Waals surface area contributed by atoms with Crippen LogP contribution in [0.4, 0.5) is 0 Å². The van der Waals surface area contributed by atoms with E-state index in [0.717, 1.165) is 37.0 Å². The van der Waals surface area contributed by atoms with Crippen LogP contribution in [0.25, 0.3) is 0 Å². The summed E-state index contributed by atoms with van der Waals surface area (Å²) in [6.07, 6.45) is 5.66. The molecule has 24 heavy (non-hydrogen) atoms. The Labute approximate surface area is 142 Å². The van der Waals surface area contributed by atoms with Gasteiger partial charge in [0.25, 0.3) is 5.91 Å². The van der Waals surface area contributed by atoms with Gasteiger partial charge in [0.1, 0.15) is 11.6 Å². The Kier molecular flexibility index (Phi) is 4.51. The fraction of sp³-hybridized carbons (Fsp3) is 0.421. The molecule has 1 fully saturated rings. The quantitative estimate of drug-likeness (QED) is 0.937. The van der Waals surface area contributed by atoms with E-state index >= 15 is 0 Å². The van der Waals surface area contributed by atoms with Gasteiger partial charge in [-0.2, -0.15) is 0 Å². The van der Waals surface area contributed by atoms with Gasteiger partial charge in [-0.3, -0.25) is 4.79 Å². The number of nitrogens with one attached hydrogen (secondary N) is 1. The van der Waals surface area contributed by atoms with Crippen LogP contribution in [0.2, 0.25) is 0 Å². The Balaban J connectivity index is 1.92. The molecule has 0 spiro atoms. The molecule has 0 saturated heterocycles. The number of hydrogen-bond donors (Lipinski definition) is 1. The van der Waals surface area contributed by atoms with E-state index < -0.39 is 0 Å². The first-order chi connectivity index (χ1) is 11.5. The molecule has 3 rings (SSSR count). The van der Waals surface area contributed by atoms with E-state index in [-0.39, 0.29) is 11.4 Å². The van der Waals surface area contributed by atoms with Crippen molar-refractivity contribution in [2.24, 2.45) is 0 Å². The van der Waals surface area contributed by atoms with E-state index in [9.17, 15) is 4.79 Å². The number of aromatic nitrogens is 2. The van der Waals surface area contributed by atoms with Crippen LogP contribution in [0.1, 0.15) is 53.1 Å². The molecule has 126 valence electrons. The summed E-state index contributed by atoms with van der Waals surface area (Å²) in [5, 5.41) is 3.26. The molecule has 1 aliphatic carbocycles. The first kappa shape index (κ1) is 16.4. The van der Waals surface area contributed by atoms with E-state index in [0.29, 0.717) is 17.1 Å². The van der Waals surface area contributed by atoms with E-state index in [4.69, 9.17) is 4.74 Å². The maximum absolute atomic E-state index is 12.8. The lowest BCUT2D eigenvalue weighted by Crippen LogP contribution is -2.44. The summed E-state index contributed by atoms with van der Waals surface area (Å²) in [6, 6.07) is 7.98. The van der Waals surface area contributed by atoms with Gasteiger partial charge >= 0.3 is 0 Å². The minimum Gasteiger partial charge on any atom is -0.497 e. The Morgan fingerprint density at radius 3 is 2.67 bits per heavy atom. The lowest BCUT2D eigenvalue weighted by Gasteiger charge is -2.31. The highest BCUT2D eigenvalue weighted by Gasteiger charge is 2.37. The van der Waals surface area contributed by atoms with Crippen molar-refractivity contribution < 1.29 is 9.53 Å². The summed E-state index contributed by atoms with van der Waals surface area (Å²) in [6.45, 7) is 3.67. The molecule has 1 heterocycles. The second-order valence-electron chi connectivity index (χ2n) is 6.39. The minimum absolute atomic E-state index is 0.114. The van der Waals surface area contributed by atoms with Crippen molar-refractivity contribution >= 4 is 5.91 Å². The number of nitrogens with zero attached hydrogens (tertiary/aromatic N) is 2. The first-order valence-corrected chi connectivity index (χ1v) is 8.31. The van der Waals surface area contributed by atoms with Crippen molar-refractivity contribution in [1.82, 2.24) is 15.3 Å². The fourth-order valence-electron chi connectivity index (χ4n) is 3.48. The van der Waals surface area contributed by atoms with Crippen LogP contribution in [0.5, 0.6) is 5.75 Å². The molecule has 0 atom stereocenters. The third-order valence-electron chi connectivity index (χ3n) is 4.78. The van der Waals surface area contributed by atoms with Gasteiger partial charge in [0.2, 0.25) is 0 Å². The third kappa shape index (κ3) is 3.11. The number of benzene rings is 1. The van der Waals surface area contributed by atoms with Gasteiger partial charge in [0, 0.05) is 6.20 Å². The monoisotopic (exact) mass is 325 g/mol. The molecular weight excluding hydrogens is 302 g/mol.